The van der Waals surface area contributed by atoms with Gasteiger partial charge in [-0.15, -0.1) is 0 Å². The lowest BCUT2D eigenvalue weighted by molar-refractivity contribution is 0.564. The molecule has 0 aromatic heterocycles. The van der Waals surface area contributed by atoms with Crippen LogP contribution in [0.2, 0.25) is 0 Å². The second-order valence-electron chi connectivity index (χ2n) is 1.67. The molecule has 1 heteroatoms. The minimum Gasteiger partial charge on any atom is -0.234 e. The first-order valence-corrected chi connectivity index (χ1v) is 2.52. The Hall–Kier alpha value is -0.550. The molecule has 1 atom stereocenters. The summed E-state index contributed by atoms with van der Waals surface area (Å²) < 4.78 is 0. The molecule has 0 heterocycles. The monoisotopic (exact) mass is 98.1 g/mol. The number of allylic oxidation sites excluding steroid dienone is 1. The molecule has 40 valence electrons. The second kappa shape index (κ2) is 3.63. The molecule has 0 spiro atoms. The molecule has 0 amide bonds. The fourth-order valence-electron chi connectivity index (χ4n) is 0.234. The van der Waals surface area contributed by atoms with E-state index in [1.807, 2.05) is 13.8 Å². The summed E-state index contributed by atoms with van der Waals surface area (Å²) in [6.45, 7) is 4.03. The maximum absolute atomic E-state index is 9.59. The van der Waals surface area contributed by atoms with E-state index in [0.29, 0.717) is 5.92 Å². The Bertz CT molecular complexity index is 80.2. The molecule has 7 heavy (non-hydrogen) atoms. The van der Waals surface area contributed by atoms with Crippen LogP contribution >= 0.6 is 0 Å². The van der Waals surface area contributed by atoms with E-state index >= 15 is 0 Å². The fourth-order valence-corrected chi connectivity index (χ4v) is 0.234. The van der Waals surface area contributed by atoms with Crippen LogP contribution in [-0.4, -0.2) is 5.94 Å². The zero-order valence-corrected chi connectivity index (χ0v) is 4.77. The Morgan fingerprint density at radius 3 is 2.57 bits per heavy atom. The van der Waals surface area contributed by atoms with Crippen LogP contribution in [0.1, 0.15) is 20.3 Å². The van der Waals surface area contributed by atoms with Crippen LogP contribution in [0.15, 0.2) is 6.08 Å². The van der Waals surface area contributed by atoms with Crippen LogP contribution in [0.3, 0.4) is 0 Å². The van der Waals surface area contributed by atoms with Crippen molar-refractivity contribution in [2.45, 2.75) is 20.3 Å². The van der Waals surface area contributed by atoms with Crippen molar-refractivity contribution in [2.75, 3.05) is 0 Å². The predicted molar refractivity (Wildman–Crippen MR) is 29.7 cm³/mol. The highest BCUT2D eigenvalue weighted by Crippen LogP contribution is 1.97. The van der Waals surface area contributed by atoms with E-state index in [0.717, 1.165) is 6.42 Å². The zero-order valence-electron chi connectivity index (χ0n) is 4.77. The number of carbonyl (C=O) groups excluding carboxylic acids is 1. The smallest absolute Gasteiger partial charge is 0.120 e. The Morgan fingerprint density at radius 1 is 1.86 bits per heavy atom. The van der Waals surface area contributed by atoms with Gasteiger partial charge < -0.3 is 0 Å². The van der Waals surface area contributed by atoms with Gasteiger partial charge in [0.15, 0.2) is 0 Å². The first-order chi connectivity index (χ1) is 3.31. The molecule has 0 bridgehead atoms. The third-order valence-corrected chi connectivity index (χ3v) is 0.997. The summed E-state index contributed by atoms with van der Waals surface area (Å²) in [4.78, 5) is 9.59. The molecule has 0 aliphatic carbocycles. The van der Waals surface area contributed by atoms with Crippen LogP contribution in [0.25, 0.3) is 0 Å². The lowest BCUT2D eigenvalue weighted by Gasteiger charge is -1.92. The first-order valence-electron chi connectivity index (χ1n) is 2.52. The van der Waals surface area contributed by atoms with E-state index in [9.17, 15) is 4.79 Å². The average molecular weight is 98.1 g/mol. The molecule has 0 aromatic carbocycles. The SMILES string of the molecule is CCC(C)C=C=O. The Kier molecular flexibility index (Phi) is 3.35. The zero-order chi connectivity index (χ0) is 5.70. The third-order valence-electron chi connectivity index (χ3n) is 0.997. The van der Waals surface area contributed by atoms with Crippen molar-refractivity contribution in [1.82, 2.24) is 0 Å². The molecule has 0 fully saturated rings. The van der Waals surface area contributed by atoms with E-state index in [1.54, 1.807) is 12.0 Å². The average Bonchev–Trinajstić information content (AvgIpc) is 1.68. The fraction of sp³-hybridized carbons (Fsp3) is 0.667. The van der Waals surface area contributed by atoms with Gasteiger partial charge in [-0.2, -0.15) is 0 Å². The molecule has 0 saturated heterocycles. The lowest BCUT2D eigenvalue weighted by atomic mass is 10.1. The van der Waals surface area contributed by atoms with Crippen LogP contribution in [-0.2, 0) is 4.79 Å². The van der Waals surface area contributed by atoms with Gasteiger partial charge in [-0.25, -0.2) is 4.79 Å². The summed E-state index contributed by atoms with van der Waals surface area (Å²) in [5.74, 6) is 2.14. The van der Waals surface area contributed by atoms with Gasteiger partial charge in [-0.1, -0.05) is 13.8 Å². The summed E-state index contributed by atoms with van der Waals surface area (Å²) in [7, 11) is 0. The van der Waals surface area contributed by atoms with Crippen molar-refractivity contribution >= 4 is 5.94 Å². The molecule has 0 aromatic rings. The van der Waals surface area contributed by atoms with E-state index in [-0.39, 0.29) is 0 Å². The van der Waals surface area contributed by atoms with E-state index in [2.05, 4.69) is 0 Å². The topological polar surface area (TPSA) is 17.1 Å². The van der Waals surface area contributed by atoms with Gasteiger partial charge in [0, 0.05) is 6.08 Å². The molecular weight excluding hydrogens is 88.1 g/mol. The van der Waals surface area contributed by atoms with E-state index < -0.39 is 0 Å². The molecule has 0 saturated carbocycles. The molecule has 1 unspecified atom stereocenters. The summed E-state index contributed by atoms with van der Waals surface area (Å²) in [6.07, 6.45) is 2.56. The minimum absolute atomic E-state index is 0.400. The highest BCUT2D eigenvalue weighted by Gasteiger charge is 1.87. The van der Waals surface area contributed by atoms with Crippen molar-refractivity contribution in [1.29, 1.82) is 0 Å². The summed E-state index contributed by atoms with van der Waals surface area (Å²) in [5.41, 5.74) is 0. The van der Waals surface area contributed by atoms with Gasteiger partial charge in [-0.05, 0) is 12.3 Å². The number of hydrogen-bond donors (Lipinski definition) is 0. The van der Waals surface area contributed by atoms with Crippen LogP contribution in [0, 0.1) is 5.92 Å². The van der Waals surface area contributed by atoms with Gasteiger partial charge in [0.1, 0.15) is 5.94 Å². The third kappa shape index (κ3) is 3.28. The standard InChI is InChI=1S/C6H10O/c1-3-6(2)4-5-7/h4,6H,3H2,1-2H3. The van der Waals surface area contributed by atoms with E-state index in [1.165, 1.54) is 0 Å². The Labute approximate surface area is 44.0 Å². The molecular formula is C6H10O. The van der Waals surface area contributed by atoms with Gasteiger partial charge in [0.2, 0.25) is 0 Å². The van der Waals surface area contributed by atoms with Crippen molar-refractivity contribution in [2.24, 2.45) is 5.92 Å². The van der Waals surface area contributed by atoms with Crippen LogP contribution < -0.4 is 0 Å². The maximum atomic E-state index is 9.59. The highest BCUT2D eigenvalue weighted by molar-refractivity contribution is 5.45. The molecule has 1 nitrogen and oxygen atoms in total. The van der Waals surface area contributed by atoms with Crippen molar-refractivity contribution in [3.63, 3.8) is 0 Å². The number of rotatable bonds is 2. The first kappa shape index (κ1) is 6.45. The highest BCUT2D eigenvalue weighted by atomic mass is 16.1. The molecule has 0 radical (unpaired) electrons. The van der Waals surface area contributed by atoms with Crippen LogP contribution in [0.5, 0.6) is 0 Å². The minimum atomic E-state index is 0.400. The molecule has 0 N–H and O–H groups in total. The summed E-state index contributed by atoms with van der Waals surface area (Å²) in [5, 5.41) is 0. The van der Waals surface area contributed by atoms with Crippen molar-refractivity contribution < 1.29 is 4.79 Å². The molecule has 0 rings (SSSR count). The normalized spacial score (nSPS) is 12.3. The van der Waals surface area contributed by atoms with Crippen LogP contribution in [0.4, 0.5) is 0 Å². The van der Waals surface area contributed by atoms with Crippen molar-refractivity contribution in [3.05, 3.63) is 6.08 Å². The largest absolute Gasteiger partial charge is 0.234 e. The van der Waals surface area contributed by atoms with Crippen molar-refractivity contribution in [3.8, 4) is 0 Å². The summed E-state index contributed by atoms with van der Waals surface area (Å²) >= 11 is 0. The van der Waals surface area contributed by atoms with E-state index in [4.69, 9.17) is 0 Å². The summed E-state index contributed by atoms with van der Waals surface area (Å²) in [6, 6.07) is 0. The number of hydrogen-bond acceptors (Lipinski definition) is 1. The Balaban J connectivity index is 3.35. The molecule has 0 aliphatic heterocycles. The Morgan fingerprint density at radius 2 is 2.43 bits per heavy atom. The molecule has 0 aliphatic rings. The van der Waals surface area contributed by atoms with Gasteiger partial charge >= 0.3 is 0 Å². The lowest BCUT2D eigenvalue weighted by Crippen LogP contribution is -1.82. The van der Waals surface area contributed by atoms with Gasteiger partial charge in [0.05, 0.1) is 0 Å². The predicted octanol–water partition coefficient (Wildman–Crippen LogP) is 1.42. The quantitative estimate of drug-likeness (QED) is 0.477. The maximum Gasteiger partial charge on any atom is 0.120 e. The second-order valence-corrected chi connectivity index (χ2v) is 1.67. The van der Waals surface area contributed by atoms with Gasteiger partial charge in [-0.3, -0.25) is 0 Å². The van der Waals surface area contributed by atoms with Gasteiger partial charge in [0.25, 0.3) is 0 Å².